The molecule has 10 heteroatoms. The number of carbonyl (C=O) groups excluding carboxylic acids is 1. The van der Waals surface area contributed by atoms with E-state index in [4.69, 9.17) is 21.4 Å². The van der Waals surface area contributed by atoms with E-state index in [1.165, 1.54) is 12.1 Å². The summed E-state index contributed by atoms with van der Waals surface area (Å²) in [5.41, 5.74) is 3.08. The van der Waals surface area contributed by atoms with E-state index >= 15 is 0 Å². The Balaban J connectivity index is 0.00000141. The van der Waals surface area contributed by atoms with Crippen LogP contribution < -0.4 is 14.2 Å². The van der Waals surface area contributed by atoms with Crippen LogP contribution in [0.1, 0.15) is 29.3 Å². The molecule has 1 atom stereocenters. The van der Waals surface area contributed by atoms with Gasteiger partial charge in [0.05, 0.1) is 22.5 Å². The van der Waals surface area contributed by atoms with Crippen LogP contribution in [0.4, 0.5) is 5.69 Å². The first kappa shape index (κ1) is 24.2. The molecule has 1 amide bonds. The van der Waals surface area contributed by atoms with Gasteiger partial charge >= 0.3 is 0 Å². The number of likely N-dealkylation sites (tertiary alicyclic amines) is 1. The number of benzene rings is 1. The largest absolute Gasteiger partial charge is 0.455 e. The van der Waals surface area contributed by atoms with Gasteiger partial charge in [0, 0.05) is 50.7 Å². The lowest BCUT2D eigenvalue weighted by Gasteiger charge is -2.15. The number of hydrogen-bond acceptors (Lipinski definition) is 7. The van der Waals surface area contributed by atoms with Gasteiger partial charge in [-0.3, -0.25) is 4.79 Å². The predicted molar refractivity (Wildman–Crippen MR) is 130 cm³/mol. The molecule has 3 N–H and O–H groups in total. The zero-order chi connectivity index (χ0) is 23.3. The van der Waals surface area contributed by atoms with Crippen LogP contribution in [0.15, 0.2) is 36.7 Å². The number of hydrogen-bond donors (Lipinski definition) is 3. The number of fused-ring (bicyclic) bond motifs is 1. The maximum atomic E-state index is 13.0. The molecule has 1 aliphatic rings. The number of nitrogens with one attached hydrogen (secondary N) is 2. The minimum Gasteiger partial charge on any atom is -0.455 e. The average Bonchev–Trinajstić information content (AvgIpc) is 3.38. The smallest absolute Gasteiger partial charge is 0.255 e. The zero-order valence-electron chi connectivity index (χ0n) is 18.6. The van der Waals surface area contributed by atoms with Gasteiger partial charge in [0.15, 0.2) is 5.75 Å². The monoisotopic (exact) mass is 477 g/mol. The number of carbonyl (C=O) groups is 1. The first-order chi connectivity index (χ1) is 15.5. The second-order valence-corrected chi connectivity index (χ2v) is 8.68. The van der Waals surface area contributed by atoms with Crippen molar-refractivity contribution in [1.29, 1.82) is 0 Å². The Kier molecular flexibility index (Phi) is 8.25. The highest BCUT2D eigenvalue weighted by Gasteiger charge is 2.27. The average molecular weight is 478 g/mol. The van der Waals surface area contributed by atoms with Crippen molar-refractivity contribution in [2.24, 2.45) is 5.92 Å². The Bertz CT molecular complexity index is 1090. The molecule has 0 saturated carbocycles. The van der Waals surface area contributed by atoms with Crippen molar-refractivity contribution in [3.05, 3.63) is 52.8 Å². The number of nitrogens with zero attached hydrogens (tertiary/aromatic N) is 3. The van der Waals surface area contributed by atoms with Gasteiger partial charge in [-0.1, -0.05) is 18.5 Å². The highest BCUT2D eigenvalue weighted by molar-refractivity contribution is 7.98. The van der Waals surface area contributed by atoms with Gasteiger partial charge in [-0.15, -0.1) is 0 Å². The summed E-state index contributed by atoms with van der Waals surface area (Å²) in [5, 5.41) is 11.9. The fraction of sp³-hybridized carbons (Fsp3) is 0.364. The van der Waals surface area contributed by atoms with E-state index in [1.54, 1.807) is 29.0 Å². The molecule has 2 aromatic heterocycles. The number of aliphatic hydroxyl groups is 1. The van der Waals surface area contributed by atoms with Crippen LogP contribution in [0.25, 0.3) is 5.52 Å². The first-order valence-electron chi connectivity index (χ1n) is 10.2. The van der Waals surface area contributed by atoms with Crippen molar-refractivity contribution >= 4 is 40.8 Å². The molecule has 172 valence electrons. The lowest BCUT2D eigenvalue weighted by Crippen LogP contribution is -2.28. The van der Waals surface area contributed by atoms with Crippen molar-refractivity contribution in [2.45, 2.75) is 20.3 Å². The summed E-state index contributed by atoms with van der Waals surface area (Å²) in [7, 11) is 2.82. The van der Waals surface area contributed by atoms with E-state index in [1.807, 2.05) is 31.0 Å². The molecule has 3 heterocycles. The molecule has 1 aliphatic heterocycles. The minimum atomic E-state index is 0.0498. The van der Waals surface area contributed by atoms with Crippen molar-refractivity contribution in [3.63, 3.8) is 0 Å². The van der Waals surface area contributed by atoms with Gasteiger partial charge in [0.2, 0.25) is 0 Å². The van der Waals surface area contributed by atoms with Gasteiger partial charge in [-0.05, 0) is 44.0 Å². The molecule has 1 saturated heterocycles. The number of aromatic nitrogens is 2. The molecule has 1 unspecified atom stereocenters. The second kappa shape index (κ2) is 10.9. The van der Waals surface area contributed by atoms with Gasteiger partial charge in [0.25, 0.3) is 5.91 Å². The van der Waals surface area contributed by atoms with Crippen LogP contribution in [-0.4, -0.2) is 52.8 Å². The summed E-state index contributed by atoms with van der Waals surface area (Å²) >= 11 is 7.69. The summed E-state index contributed by atoms with van der Waals surface area (Å²) in [6.07, 6.45) is 4.50. The third-order valence-electron chi connectivity index (χ3n) is 5.26. The maximum absolute atomic E-state index is 13.0. The number of anilines is 1. The normalized spacial score (nSPS) is 15.4. The van der Waals surface area contributed by atoms with Crippen molar-refractivity contribution in [2.75, 3.05) is 32.0 Å². The molecule has 1 fully saturated rings. The Hall–Kier alpha value is -2.46. The molecule has 1 aromatic carbocycles. The lowest BCUT2D eigenvalue weighted by molar-refractivity contribution is 0.0787. The van der Waals surface area contributed by atoms with E-state index in [2.05, 4.69) is 21.5 Å². The lowest BCUT2D eigenvalue weighted by atomic mass is 10.1. The predicted octanol–water partition coefficient (Wildman–Crippen LogP) is 4.37. The number of ether oxygens (including phenoxy) is 1. The summed E-state index contributed by atoms with van der Waals surface area (Å²) in [6, 6.07) is 7.25. The summed E-state index contributed by atoms with van der Waals surface area (Å²) in [6.45, 7) is 5.71. The van der Waals surface area contributed by atoms with E-state index in [9.17, 15) is 4.79 Å². The number of rotatable bonds is 6. The number of amides is 1. The van der Waals surface area contributed by atoms with E-state index in [0.29, 0.717) is 28.0 Å². The zero-order valence-corrected chi connectivity index (χ0v) is 20.1. The first-order valence-corrected chi connectivity index (χ1v) is 11.4. The molecule has 32 heavy (non-hydrogen) atoms. The molecule has 8 nitrogen and oxygen atoms in total. The molecule has 0 spiro atoms. The minimum absolute atomic E-state index is 0.0498. The van der Waals surface area contributed by atoms with Crippen LogP contribution in [-0.2, 0) is 0 Å². The fourth-order valence-electron chi connectivity index (χ4n) is 3.69. The molecule has 4 rings (SSSR count). The maximum Gasteiger partial charge on any atom is 0.255 e. The van der Waals surface area contributed by atoms with E-state index in [0.717, 1.165) is 43.4 Å². The molecule has 0 aliphatic carbocycles. The Morgan fingerprint density at radius 3 is 2.78 bits per heavy atom. The van der Waals surface area contributed by atoms with Crippen molar-refractivity contribution in [3.8, 4) is 11.5 Å². The Labute approximate surface area is 197 Å². The molecular weight excluding hydrogens is 450 g/mol. The standard InChI is InChI=1S/C21H24ClN5O2S.CH4O/c1-13-7-9-26(11-13)21(28)16-12-27-20(14(16)2)19(6-8-24-27)29-15-4-5-18(17(22)10-15)25-30-23-3;1-2/h4-6,8,10,12-13,23,25H,7,9,11H2,1-3H3;2H,1H3. The highest BCUT2D eigenvalue weighted by Crippen LogP contribution is 2.34. The topological polar surface area (TPSA) is 91.1 Å². The van der Waals surface area contributed by atoms with Gasteiger partial charge in [-0.25, -0.2) is 9.24 Å². The fourth-order valence-corrected chi connectivity index (χ4v) is 4.35. The highest BCUT2D eigenvalue weighted by atomic mass is 35.5. The van der Waals surface area contributed by atoms with Crippen LogP contribution in [0.3, 0.4) is 0 Å². The van der Waals surface area contributed by atoms with Crippen LogP contribution >= 0.6 is 23.7 Å². The summed E-state index contributed by atoms with van der Waals surface area (Å²) < 4.78 is 13.9. The van der Waals surface area contributed by atoms with Crippen molar-refractivity contribution in [1.82, 2.24) is 19.2 Å². The molecule has 0 radical (unpaired) electrons. The third-order valence-corrected chi connectivity index (χ3v) is 6.10. The van der Waals surface area contributed by atoms with Crippen molar-refractivity contribution < 1.29 is 14.6 Å². The molecular formula is C22H28ClN5O3S. The van der Waals surface area contributed by atoms with Gasteiger partial charge in [-0.2, -0.15) is 5.10 Å². The number of aryl methyl sites for hydroxylation is 1. The Morgan fingerprint density at radius 1 is 1.34 bits per heavy atom. The van der Waals surface area contributed by atoms with Crippen LogP contribution in [0, 0.1) is 12.8 Å². The quantitative estimate of drug-likeness (QED) is 0.454. The van der Waals surface area contributed by atoms with Gasteiger partial charge in [0.1, 0.15) is 11.3 Å². The SMILES string of the molecule is CNSNc1ccc(Oc2ccnn3cc(C(=O)N4CCC(C)C4)c(C)c23)cc1Cl.CO. The number of aliphatic hydroxyl groups excluding tert-OH is 1. The summed E-state index contributed by atoms with van der Waals surface area (Å²) in [4.78, 5) is 15.0. The second-order valence-electron chi connectivity index (χ2n) is 7.45. The van der Waals surface area contributed by atoms with E-state index < -0.39 is 0 Å². The van der Waals surface area contributed by atoms with Crippen LogP contribution in [0.2, 0.25) is 5.02 Å². The number of halogens is 1. The van der Waals surface area contributed by atoms with E-state index in [-0.39, 0.29) is 5.91 Å². The molecule has 0 bridgehead atoms. The van der Waals surface area contributed by atoms with Crippen LogP contribution in [0.5, 0.6) is 11.5 Å². The molecule has 3 aromatic rings. The third kappa shape index (κ3) is 5.12. The Morgan fingerprint density at radius 2 is 2.12 bits per heavy atom. The van der Waals surface area contributed by atoms with Gasteiger partial charge < -0.3 is 19.5 Å². The summed E-state index contributed by atoms with van der Waals surface area (Å²) in [5.74, 6) is 1.82.